The van der Waals surface area contributed by atoms with Gasteiger partial charge in [0.2, 0.25) is 17.6 Å². The number of benzene rings is 1. The molecule has 12 heteroatoms. The van der Waals surface area contributed by atoms with Gasteiger partial charge in [-0.05, 0) is 73.6 Å². The molecule has 3 amide bonds. The molecule has 0 bridgehead atoms. The fourth-order valence-corrected chi connectivity index (χ4v) is 4.56. The molecule has 4 rings (SSSR count). The molecule has 1 saturated carbocycles. The Bertz CT molecular complexity index is 1300. The average molecular weight is 521 g/mol. The molecule has 0 radical (unpaired) electrons. The number of hydrogen-bond donors (Lipinski definition) is 3. The van der Waals surface area contributed by atoms with Crippen LogP contribution in [0.3, 0.4) is 0 Å². The first-order valence-corrected chi connectivity index (χ1v) is 12.5. The normalized spacial score (nSPS) is 17.0. The number of nitrogens with one attached hydrogen (secondary N) is 2. The smallest absolute Gasteiger partial charge is 0.270 e. The highest BCUT2D eigenvalue weighted by molar-refractivity contribution is 5.93. The van der Waals surface area contributed by atoms with E-state index in [1.54, 1.807) is 18.0 Å². The van der Waals surface area contributed by atoms with Gasteiger partial charge < -0.3 is 21.1 Å². The molecule has 1 fully saturated rings. The van der Waals surface area contributed by atoms with E-state index >= 15 is 0 Å². The van der Waals surface area contributed by atoms with Crippen LogP contribution in [0.2, 0.25) is 0 Å². The van der Waals surface area contributed by atoms with E-state index < -0.39 is 5.91 Å². The largest absolute Gasteiger partial charge is 0.497 e. The van der Waals surface area contributed by atoms with E-state index in [1.165, 1.54) is 0 Å². The lowest BCUT2D eigenvalue weighted by Crippen LogP contribution is -2.38. The van der Waals surface area contributed by atoms with Crippen LogP contribution < -0.4 is 21.1 Å². The van der Waals surface area contributed by atoms with Crippen molar-refractivity contribution < 1.29 is 19.1 Å². The number of ether oxygens (including phenoxy) is 1. The van der Waals surface area contributed by atoms with Crippen molar-refractivity contribution in [2.24, 2.45) is 17.6 Å². The molecule has 200 valence electrons. The number of methoxy groups -OCH3 is 1. The number of carbonyl (C=O) groups excluding carboxylic acids is 3. The van der Waals surface area contributed by atoms with Crippen molar-refractivity contribution in [2.45, 2.75) is 45.7 Å². The highest BCUT2D eigenvalue weighted by Gasteiger charge is 2.27. The van der Waals surface area contributed by atoms with Gasteiger partial charge in [0, 0.05) is 23.7 Å². The summed E-state index contributed by atoms with van der Waals surface area (Å²) in [6.45, 7) is 2.60. The molecule has 0 saturated heterocycles. The predicted molar refractivity (Wildman–Crippen MR) is 138 cm³/mol. The van der Waals surface area contributed by atoms with Crippen LogP contribution >= 0.6 is 0 Å². The zero-order valence-corrected chi connectivity index (χ0v) is 21.5. The third-order valence-corrected chi connectivity index (χ3v) is 6.56. The van der Waals surface area contributed by atoms with Crippen LogP contribution in [0.1, 0.15) is 47.4 Å². The first-order chi connectivity index (χ1) is 18.3. The molecule has 1 aromatic carbocycles. The highest BCUT2D eigenvalue weighted by atomic mass is 16.5. The minimum Gasteiger partial charge on any atom is -0.497 e. The maximum absolute atomic E-state index is 12.8. The fraction of sp³-hybridized carbons (Fsp3) is 0.423. The summed E-state index contributed by atoms with van der Waals surface area (Å²) in [5.74, 6) is 0.358. The van der Waals surface area contributed by atoms with Crippen LogP contribution in [0.25, 0.3) is 11.4 Å². The van der Waals surface area contributed by atoms with E-state index in [0.717, 1.165) is 37.0 Å². The van der Waals surface area contributed by atoms with E-state index in [0.29, 0.717) is 36.1 Å². The summed E-state index contributed by atoms with van der Waals surface area (Å²) in [5, 5.41) is 18.4. The van der Waals surface area contributed by atoms with Gasteiger partial charge in [0.05, 0.1) is 20.2 Å². The first-order valence-electron chi connectivity index (χ1n) is 12.5. The van der Waals surface area contributed by atoms with Gasteiger partial charge in [-0.2, -0.15) is 4.80 Å². The maximum Gasteiger partial charge on any atom is 0.270 e. The zero-order chi connectivity index (χ0) is 27.1. The second kappa shape index (κ2) is 12.3. The Morgan fingerprint density at radius 3 is 2.63 bits per heavy atom. The third-order valence-electron chi connectivity index (χ3n) is 6.56. The quantitative estimate of drug-likeness (QED) is 0.360. The fourth-order valence-electron chi connectivity index (χ4n) is 4.56. The second-order valence-corrected chi connectivity index (χ2v) is 9.49. The van der Waals surface area contributed by atoms with E-state index in [2.05, 4.69) is 31.0 Å². The Morgan fingerprint density at radius 2 is 1.89 bits per heavy atom. The summed E-state index contributed by atoms with van der Waals surface area (Å²) in [6, 6.07) is 11.0. The lowest BCUT2D eigenvalue weighted by atomic mass is 9.81. The number of tetrazole rings is 1. The van der Waals surface area contributed by atoms with Crippen LogP contribution in [0.15, 0.2) is 36.4 Å². The molecule has 12 nitrogen and oxygen atoms in total. The average Bonchev–Trinajstić information content (AvgIpc) is 3.39. The molecule has 0 aliphatic heterocycles. The van der Waals surface area contributed by atoms with Gasteiger partial charge >= 0.3 is 0 Å². The minimum atomic E-state index is -0.550. The summed E-state index contributed by atoms with van der Waals surface area (Å²) >= 11 is 0. The van der Waals surface area contributed by atoms with Gasteiger partial charge in [0.25, 0.3) is 5.91 Å². The number of aryl methyl sites for hydroxylation is 1. The number of pyridine rings is 1. The molecule has 38 heavy (non-hydrogen) atoms. The first kappa shape index (κ1) is 26.7. The number of hydrogen-bond acceptors (Lipinski definition) is 8. The Kier molecular flexibility index (Phi) is 8.62. The molecule has 0 spiro atoms. The van der Waals surface area contributed by atoms with Gasteiger partial charge in [-0.15, -0.1) is 10.2 Å². The van der Waals surface area contributed by atoms with Gasteiger partial charge in [-0.3, -0.25) is 14.4 Å². The van der Waals surface area contributed by atoms with Crippen LogP contribution in [0.4, 0.5) is 0 Å². The van der Waals surface area contributed by atoms with Crippen molar-refractivity contribution >= 4 is 17.7 Å². The van der Waals surface area contributed by atoms with Gasteiger partial charge in [0.15, 0.2) is 0 Å². The summed E-state index contributed by atoms with van der Waals surface area (Å²) in [5.41, 5.74) is 7.60. The van der Waals surface area contributed by atoms with E-state index in [-0.39, 0.29) is 30.0 Å². The number of aromatic nitrogens is 5. The molecule has 4 N–H and O–H groups in total. The van der Waals surface area contributed by atoms with Crippen molar-refractivity contribution in [3.8, 4) is 17.1 Å². The molecular formula is C26H32N8O4. The van der Waals surface area contributed by atoms with E-state index in [9.17, 15) is 14.4 Å². The molecule has 0 unspecified atom stereocenters. The minimum absolute atomic E-state index is 0.113. The summed E-state index contributed by atoms with van der Waals surface area (Å²) < 4.78 is 5.23. The molecule has 3 aromatic rings. The van der Waals surface area contributed by atoms with Crippen molar-refractivity contribution in [3.05, 3.63) is 53.3 Å². The molecule has 2 heterocycles. The van der Waals surface area contributed by atoms with Crippen molar-refractivity contribution in [3.63, 3.8) is 0 Å². The Labute approximate surface area is 220 Å². The lowest BCUT2D eigenvalue weighted by molar-refractivity contribution is -0.128. The monoisotopic (exact) mass is 520 g/mol. The third kappa shape index (κ3) is 7.11. The topological polar surface area (TPSA) is 167 Å². The Balaban J connectivity index is 1.34. The van der Waals surface area contributed by atoms with E-state index in [4.69, 9.17) is 10.5 Å². The molecular weight excluding hydrogens is 488 g/mol. The maximum atomic E-state index is 12.8. The Hall–Kier alpha value is -4.35. The Morgan fingerprint density at radius 1 is 1.11 bits per heavy atom. The molecule has 1 aliphatic rings. The van der Waals surface area contributed by atoms with Crippen LogP contribution in [0, 0.1) is 18.8 Å². The SMILES string of the molecule is COc1cccc(CNC(=O)c2cc(-c3nnn(CC4CCC(C(=O)NCC(N)=O)CC4)n3)cc(C)n2)c1. The van der Waals surface area contributed by atoms with Crippen molar-refractivity contribution in [1.82, 2.24) is 35.8 Å². The number of carbonyl (C=O) groups is 3. The summed E-state index contributed by atoms with van der Waals surface area (Å²) in [7, 11) is 1.60. The zero-order valence-electron chi connectivity index (χ0n) is 21.5. The molecule has 2 aromatic heterocycles. The highest BCUT2D eigenvalue weighted by Crippen LogP contribution is 2.30. The van der Waals surface area contributed by atoms with Crippen LogP contribution in [-0.2, 0) is 22.7 Å². The summed E-state index contributed by atoms with van der Waals surface area (Å²) in [4.78, 5) is 41.8. The van der Waals surface area contributed by atoms with Crippen LogP contribution in [-0.4, -0.2) is 56.6 Å². The number of nitrogens with zero attached hydrogens (tertiary/aromatic N) is 5. The standard InChI is InChI=1S/C26H32N8O4/c1-16-10-20(12-22(30-16)26(37)28-13-18-4-3-5-21(11-18)38-2)24-31-33-34(32-24)15-17-6-8-19(9-7-17)25(36)29-14-23(27)35/h3-5,10-12,17,19H,6-9,13-15H2,1-2H3,(H2,27,35)(H,28,37)(H,29,36). The number of rotatable bonds is 10. The molecule has 0 atom stereocenters. The van der Waals surface area contributed by atoms with Gasteiger partial charge in [-0.1, -0.05) is 12.1 Å². The van der Waals surface area contributed by atoms with Gasteiger partial charge in [-0.25, -0.2) is 4.98 Å². The second-order valence-electron chi connectivity index (χ2n) is 9.49. The van der Waals surface area contributed by atoms with E-state index in [1.807, 2.05) is 37.3 Å². The van der Waals surface area contributed by atoms with Crippen molar-refractivity contribution in [2.75, 3.05) is 13.7 Å². The summed E-state index contributed by atoms with van der Waals surface area (Å²) in [6.07, 6.45) is 3.15. The number of primary amides is 1. The van der Waals surface area contributed by atoms with Crippen molar-refractivity contribution in [1.29, 1.82) is 0 Å². The number of amides is 3. The predicted octanol–water partition coefficient (Wildman–Crippen LogP) is 1.39. The van der Waals surface area contributed by atoms with Gasteiger partial charge in [0.1, 0.15) is 11.4 Å². The lowest BCUT2D eigenvalue weighted by Gasteiger charge is -2.27. The molecule has 1 aliphatic carbocycles. The van der Waals surface area contributed by atoms with Crippen LogP contribution in [0.5, 0.6) is 5.75 Å². The number of nitrogens with two attached hydrogens (primary N) is 1.